The van der Waals surface area contributed by atoms with E-state index in [0.29, 0.717) is 16.7 Å². The number of hydrogen-bond acceptors (Lipinski definition) is 4. The highest BCUT2D eigenvalue weighted by atomic mass is 19.1. The van der Waals surface area contributed by atoms with Crippen LogP contribution in [0.4, 0.5) is 4.39 Å². The molecule has 29 heavy (non-hydrogen) atoms. The minimum atomic E-state index is -0.687. The van der Waals surface area contributed by atoms with Gasteiger partial charge in [0.1, 0.15) is 11.3 Å². The molecule has 1 atom stereocenters. The van der Waals surface area contributed by atoms with E-state index in [9.17, 15) is 14.4 Å². The summed E-state index contributed by atoms with van der Waals surface area (Å²) in [6.07, 6.45) is 5.97. The Hall–Kier alpha value is -2.92. The number of fused-ring (bicyclic) bond motifs is 3. The number of likely N-dealkylation sites (tertiary alicyclic amines) is 1. The lowest BCUT2D eigenvalue weighted by Gasteiger charge is -2.38. The molecule has 1 aromatic carbocycles. The van der Waals surface area contributed by atoms with E-state index in [2.05, 4.69) is 28.0 Å². The number of rotatable bonds is 4. The summed E-state index contributed by atoms with van der Waals surface area (Å²) < 4.78 is 15.7. The lowest BCUT2D eigenvalue weighted by Crippen LogP contribution is -2.41. The van der Waals surface area contributed by atoms with Gasteiger partial charge in [-0.05, 0) is 31.9 Å². The third-order valence-electron chi connectivity index (χ3n) is 6.84. The van der Waals surface area contributed by atoms with E-state index in [0.717, 1.165) is 56.9 Å². The molecule has 1 aliphatic heterocycles. The molecule has 3 N–H and O–H groups in total. The van der Waals surface area contributed by atoms with Crippen LogP contribution in [0.2, 0.25) is 0 Å². The number of halogens is 1. The molecule has 1 saturated heterocycles. The molecular formula is C21H23FN6O. The number of nitrogens with two attached hydrogens (primary N) is 1. The predicted octanol–water partition coefficient (Wildman–Crippen LogP) is 2.71. The first-order valence-electron chi connectivity index (χ1n) is 9.97. The highest BCUT2D eigenvalue weighted by Gasteiger charge is 2.44. The number of hydrogen-bond donors (Lipinski definition) is 2. The van der Waals surface area contributed by atoms with E-state index in [-0.39, 0.29) is 16.4 Å². The van der Waals surface area contributed by atoms with Crippen molar-refractivity contribution in [3.05, 3.63) is 35.3 Å². The third-order valence-corrected chi connectivity index (χ3v) is 6.84. The first kappa shape index (κ1) is 18.1. The quantitative estimate of drug-likeness (QED) is 0.710. The number of imidazole rings is 1. The van der Waals surface area contributed by atoms with Crippen LogP contribution in [0.1, 0.15) is 48.5 Å². The summed E-state index contributed by atoms with van der Waals surface area (Å²) in [4.78, 5) is 18.8. The molecule has 1 amide bonds. The van der Waals surface area contributed by atoms with Crippen molar-refractivity contribution in [2.45, 2.75) is 38.0 Å². The number of benzene rings is 1. The molecule has 0 radical (unpaired) electrons. The smallest absolute Gasteiger partial charge is 0.251 e. The molecule has 0 bridgehead atoms. The van der Waals surface area contributed by atoms with Crippen LogP contribution in [0.3, 0.4) is 0 Å². The number of amides is 1. The highest BCUT2D eigenvalue weighted by Crippen LogP contribution is 2.44. The van der Waals surface area contributed by atoms with Crippen molar-refractivity contribution >= 4 is 22.6 Å². The highest BCUT2D eigenvalue weighted by molar-refractivity contribution is 6.05. The fraction of sp³-hybridized carbons (Fsp3) is 0.476. The summed E-state index contributed by atoms with van der Waals surface area (Å²) in [7, 11) is 0. The number of aromatic nitrogens is 3. The Morgan fingerprint density at radius 3 is 2.86 bits per heavy atom. The first-order valence-corrected chi connectivity index (χ1v) is 9.97. The van der Waals surface area contributed by atoms with Crippen molar-refractivity contribution in [2.75, 3.05) is 19.6 Å². The predicted molar refractivity (Wildman–Crippen MR) is 106 cm³/mol. The largest absolute Gasteiger partial charge is 0.366 e. The SMILES string of the molecule is CC1(c2c[nH]n3c2nc2cc(F)cc(C(N)=O)c23)CCN(CC2(C#N)CCC2)C1. The molecule has 2 fully saturated rings. The number of aromatic amines is 1. The van der Waals surface area contributed by atoms with Gasteiger partial charge in [0.15, 0.2) is 5.65 Å². The molecule has 8 heteroatoms. The average Bonchev–Trinajstić information content (AvgIpc) is 3.31. The maximum Gasteiger partial charge on any atom is 0.251 e. The summed E-state index contributed by atoms with van der Waals surface area (Å²) >= 11 is 0. The standard InChI is InChI=1S/C21H23FN6O/c1-20(5-6-27(11-20)12-21(10-23)3-2-4-21)15-9-25-28-17-14(18(24)29)7-13(22)8-16(17)26-19(15)28/h7-9,25H,2-6,11-12H2,1H3,(H2,24,29). The molecule has 1 unspecified atom stereocenters. The molecule has 1 aliphatic carbocycles. The van der Waals surface area contributed by atoms with Crippen LogP contribution in [0.5, 0.6) is 0 Å². The zero-order chi connectivity index (χ0) is 20.4. The molecule has 3 aromatic rings. The lowest BCUT2D eigenvalue weighted by atomic mass is 9.69. The first-order chi connectivity index (χ1) is 13.8. The van der Waals surface area contributed by atoms with Crippen LogP contribution in [-0.4, -0.2) is 45.0 Å². The fourth-order valence-electron chi connectivity index (χ4n) is 5.06. The minimum Gasteiger partial charge on any atom is -0.366 e. The maximum absolute atomic E-state index is 14.0. The van der Waals surface area contributed by atoms with Gasteiger partial charge < -0.3 is 10.6 Å². The molecule has 5 rings (SSSR count). The molecular weight excluding hydrogens is 371 g/mol. The number of carbonyl (C=O) groups is 1. The number of nitrogens with zero attached hydrogens (tertiary/aromatic N) is 4. The van der Waals surface area contributed by atoms with Gasteiger partial charge in [0.25, 0.3) is 5.91 Å². The Morgan fingerprint density at radius 1 is 1.41 bits per heavy atom. The van der Waals surface area contributed by atoms with E-state index >= 15 is 0 Å². The van der Waals surface area contributed by atoms with Gasteiger partial charge in [-0.25, -0.2) is 13.9 Å². The van der Waals surface area contributed by atoms with Crippen LogP contribution in [0.25, 0.3) is 16.7 Å². The fourth-order valence-corrected chi connectivity index (χ4v) is 5.06. The van der Waals surface area contributed by atoms with Crippen LogP contribution in [0.15, 0.2) is 18.3 Å². The van der Waals surface area contributed by atoms with E-state index in [4.69, 9.17) is 5.73 Å². The summed E-state index contributed by atoms with van der Waals surface area (Å²) in [5.74, 6) is -1.22. The monoisotopic (exact) mass is 394 g/mol. The number of nitriles is 1. The molecule has 0 spiro atoms. The molecule has 7 nitrogen and oxygen atoms in total. The van der Waals surface area contributed by atoms with Crippen molar-refractivity contribution in [3.8, 4) is 6.07 Å². The van der Waals surface area contributed by atoms with Crippen LogP contribution in [-0.2, 0) is 5.41 Å². The second-order valence-electron chi connectivity index (χ2n) is 8.91. The topological polar surface area (TPSA) is 103 Å². The summed E-state index contributed by atoms with van der Waals surface area (Å²) in [6.45, 7) is 4.78. The average molecular weight is 394 g/mol. The van der Waals surface area contributed by atoms with Gasteiger partial charge in [-0.1, -0.05) is 13.3 Å². The van der Waals surface area contributed by atoms with Crippen molar-refractivity contribution in [2.24, 2.45) is 11.1 Å². The van der Waals surface area contributed by atoms with Gasteiger partial charge in [0.05, 0.1) is 22.6 Å². The van der Waals surface area contributed by atoms with Crippen LogP contribution >= 0.6 is 0 Å². The van der Waals surface area contributed by atoms with Gasteiger partial charge >= 0.3 is 0 Å². The minimum absolute atomic E-state index is 0.111. The molecule has 3 heterocycles. The number of nitrogens with one attached hydrogen (secondary N) is 1. The Balaban J connectivity index is 1.53. The zero-order valence-corrected chi connectivity index (χ0v) is 16.3. The van der Waals surface area contributed by atoms with E-state index in [1.807, 2.05) is 6.20 Å². The van der Waals surface area contributed by atoms with Gasteiger partial charge in [0.2, 0.25) is 0 Å². The van der Waals surface area contributed by atoms with Crippen molar-refractivity contribution in [1.29, 1.82) is 5.26 Å². The number of primary amides is 1. The Bertz CT molecular complexity index is 1180. The van der Waals surface area contributed by atoms with Crippen molar-refractivity contribution < 1.29 is 9.18 Å². The number of H-pyrrole nitrogens is 1. The Labute approximate surface area is 167 Å². The van der Waals surface area contributed by atoms with Crippen LogP contribution < -0.4 is 5.73 Å². The van der Waals surface area contributed by atoms with Gasteiger partial charge in [-0.2, -0.15) is 5.26 Å². The van der Waals surface area contributed by atoms with Crippen molar-refractivity contribution in [1.82, 2.24) is 19.5 Å². The molecule has 2 aromatic heterocycles. The third kappa shape index (κ3) is 2.64. The van der Waals surface area contributed by atoms with Gasteiger partial charge in [-0.3, -0.25) is 9.89 Å². The summed E-state index contributed by atoms with van der Waals surface area (Å²) in [6, 6.07) is 5.00. The zero-order valence-electron chi connectivity index (χ0n) is 16.3. The second kappa shape index (κ2) is 6.04. The van der Waals surface area contributed by atoms with Gasteiger partial charge in [-0.15, -0.1) is 0 Å². The molecule has 2 aliphatic rings. The van der Waals surface area contributed by atoms with Gasteiger partial charge in [0, 0.05) is 36.3 Å². The normalized spacial score (nSPS) is 24.0. The second-order valence-corrected chi connectivity index (χ2v) is 8.91. The molecule has 150 valence electrons. The lowest BCUT2D eigenvalue weighted by molar-refractivity contribution is 0.100. The Kier molecular flexibility index (Phi) is 3.77. The number of carbonyl (C=O) groups excluding carboxylic acids is 1. The maximum atomic E-state index is 14.0. The van der Waals surface area contributed by atoms with Crippen molar-refractivity contribution in [3.63, 3.8) is 0 Å². The van der Waals surface area contributed by atoms with E-state index < -0.39 is 11.7 Å². The summed E-state index contributed by atoms with van der Waals surface area (Å²) in [5, 5.41) is 12.7. The Morgan fingerprint density at radius 2 is 2.21 bits per heavy atom. The van der Waals surface area contributed by atoms with E-state index in [1.54, 1.807) is 4.52 Å². The van der Waals surface area contributed by atoms with Crippen LogP contribution in [0, 0.1) is 22.6 Å². The van der Waals surface area contributed by atoms with E-state index in [1.165, 1.54) is 6.07 Å². The molecule has 1 saturated carbocycles. The summed E-state index contributed by atoms with van der Waals surface area (Å²) in [5.41, 5.74) is 7.88.